The van der Waals surface area contributed by atoms with Crippen LogP contribution in [0, 0.1) is 0 Å². The number of carbonyl (C=O) groups is 2. The van der Waals surface area contributed by atoms with Crippen LogP contribution in [0.25, 0.3) is 0 Å². The highest BCUT2D eigenvalue weighted by atomic mass is 16.2. The van der Waals surface area contributed by atoms with Gasteiger partial charge in [-0.3, -0.25) is 14.3 Å². The maximum atomic E-state index is 11.9. The van der Waals surface area contributed by atoms with Crippen molar-refractivity contribution in [1.82, 2.24) is 9.78 Å². The number of nitrogens with two attached hydrogens (primary N) is 2. The van der Waals surface area contributed by atoms with E-state index in [4.69, 9.17) is 11.5 Å². The fourth-order valence-electron chi connectivity index (χ4n) is 1.56. The quantitative estimate of drug-likeness (QED) is 0.680. The lowest BCUT2D eigenvalue weighted by atomic mass is 10.2. The Labute approximate surface area is 109 Å². The molecule has 0 radical (unpaired) electrons. The Bertz CT molecular complexity index is 620. The first-order valence-electron chi connectivity index (χ1n) is 5.52. The van der Waals surface area contributed by atoms with E-state index in [1.54, 1.807) is 24.3 Å². The number of nitrogens with zero attached hydrogens (tertiary/aromatic N) is 2. The van der Waals surface area contributed by atoms with Crippen LogP contribution < -0.4 is 16.8 Å². The molecule has 2 aromatic rings. The molecule has 0 fully saturated rings. The zero-order valence-electron chi connectivity index (χ0n) is 10.0. The lowest BCUT2D eigenvalue weighted by molar-refractivity contribution is -0.118. The van der Waals surface area contributed by atoms with E-state index in [0.717, 1.165) is 0 Å². The molecule has 0 aliphatic carbocycles. The largest absolute Gasteiger partial charge is 0.399 e. The third kappa shape index (κ3) is 3.32. The highest BCUT2D eigenvalue weighted by Gasteiger charge is 2.08. The van der Waals surface area contributed by atoms with Gasteiger partial charge in [0.05, 0.1) is 11.9 Å². The molecule has 0 atom stereocenters. The summed E-state index contributed by atoms with van der Waals surface area (Å²) >= 11 is 0. The van der Waals surface area contributed by atoms with Crippen molar-refractivity contribution in [3.8, 4) is 0 Å². The Kier molecular flexibility index (Phi) is 3.46. The summed E-state index contributed by atoms with van der Waals surface area (Å²) in [6.45, 7) is -0.0336. The fourth-order valence-corrected chi connectivity index (χ4v) is 1.56. The second-order valence-electron chi connectivity index (χ2n) is 3.97. The van der Waals surface area contributed by atoms with E-state index in [2.05, 4.69) is 10.4 Å². The Balaban J connectivity index is 2.06. The lowest BCUT2D eigenvalue weighted by Gasteiger charge is -2.03. The highest BCUT2D eigenvalue weighted by molar-refractivity contribution is 6.04. The first-order chi connectivity index (χ1) is 9.04. The summed E-state index contributed by atoms with van der Waals surface area (Å²) in [4.78, 5) is 22.6. The van der Waals surface area contributed by atoms with E-state index in [-0.39, 0.29) is 12.5 Å². The Morgan fingerprint density at radius 2 is 2.16 bits per heavy atom. The van der Waals surface area contributed by atoms with Crippen LogP contribution in [0.2, 0.25) is 0 Å². The molecule has 1 aromatic carbocycles. The SMILES string of the molecule is NC(=O)Cn1cc(NC(=O)c2cccc(N)c2)cn1. The van der Waals surface area contributed by atoms with Gasteiger partial charge in [0.2, 0.25) is 5.91 Å². The number of benzene rings is 1. The molecule has 0 bridgehead atoms. The van der Waals surface area contributed by atoms with Gasteiger partial charge in [-0.1, -0.05) is 6.07 Å². The zero-order chi connectivity index (χ0) is 13.8. The maximum absolute atomic E-state index is 11.9. The molecule has 2 amide bonds. The lowest BCUT2D eigenvalue weighted by Crippen LogP contribution is -2.18. The average Bonchev–Trinajstić information content (AvgIpc) is 2.75. The molecule has 1 heterocycles. The predicted molar refractivity (Wildman–Crippen MR) is 70.2 cm³/mol. The van der Waals surface area contributed by atoms with Crippen molar-refractivity contribution in [1.29, 1.82) is 0 Å². The standard InChI is InChI=1S/C12H13N5O2/c13-9-3-1-2-8(4-9)12(19)16-10-5-15-17(6-10)7-11(14)18/h1-6H,7,13H2,(H2,14,18)(H,16,19). The monoisotopic (exact) mass is 259 g/mol. The molecule has 0 aliphatic heterocycles. The Morgan fingerprint density at radius 1 is 1.37 bits per heavy atom. The van der Waals surface area contributed by atoms with Gasteiger partial charge >= 0.3 is 0 Å². The Morgan fingerprint density at radius 3 is 2.84 bits per heavy atom. The number of amides is 2. The van der Waals surface area contributed by atoms with E-state index >= 15 is 0 Å². The summed E-state index contributed by atoms with van der Waals surface area (Å²) in [5.41, 5.74) is 12.1. The van der Waals surface area contributed by atoms with Crippen LogP contribution in [0.3, 0.4) is 0 Å². The maximum Gasteiger partial charge on any atom is 0.255 e. The van der Waals surface area contributed by atoms with Crippen LogP contribution in [0.1, 0.15) is 10.4 Å². The van der Waals surface area contributed by atoms with Crippen LogP contribution >= 0.6 is 0 Å². The van der Waals surface area contributed by atoms with Crippen molar-refractivity contribution in [2.75, 3.05) is 11.1 Å². The van der Waals surface area contributed by atoms with Crippen molar-refractivity contribution in [2.24, 2.45) is 5.73 Å². The molecular formula is C12H13N5O2. The number of primary amides is 1. The van der Waals surface area contributed by atoms with Crippen molar-refractivity contribution < 1.29 is 9.59 Å². The number of hydrogen-bond donors (Lipinski definition) is 3. The number of nitrogen functional groups attached to an aromatic ring is 1. The highest BCUT2D eigenvalue weighted by Crippen LogP contribution is 2.10. The summed E-state index contributed by atoms with van der Waals surface area (Å²) < 4.78 is 1.34. The summed E-state index contributed by atoms with van der Waals surface area (Å²) in [7, 11) is 0. The van der Waals surface area contributed by atoms with Crippen molar-refractivity contribution >= 4 is 23.2 Å². The van der Waals surface area contributed by atoms with Crippen LogP contribution in [0.5, 0.6) is 0 Å². The third-order valence-corrected chi connectivity index (χ3v) is 2.36. The molecule has 2 rings (SSSR count). The van der Waals surface area contributed by atoms with Gasteiger partial charge < -0.3 is 16.8 Å². The number of nitrogens with one attached hydrogen (secondary N) is 1. The van der Waals surface area contributed by atoms with Crippen LogP contribution in [-0.2, 0) is 11.3 Å². The van der Waals surface area contributed by atoms with Gasteiger partial charge in [0.1, 0.15) is 6.54 Å². The number of anilines is 2. The normalized spacial score (nSPS) is 10.1. The fraction of sp³-hybridized carbons (Fsp3) is 0.0833. The van der Waals surface area contributed by atoms with E-state index in [9.17, 15) is 9.59 Å². The molecule has 5 N–H and O–H groups in total. The molecule has 19 heavy (non-hydrogen) atoms. The molecule has 1 aromatic heterocycles. The number of carbonyl (C=O) groups excluding carboxylic acids is 2. The average molecular weight is 259 g/mol. The second-order valence-corrected chi connectivity index (χ2v) is 3.97. The number of rotatable bonds is 4. The van der Waals surface area contributed by atoms with Crippen molar-refractivity contribution in [3.05, 3.63) is 42.2 Å². The molecule has 0 saturated heterocycles. The van der Waals surface area contributed by atoms with Gasteiger partial charge in [-0.25, -0.2) is 0 Å². The second kappa shape index (κ2) is 5.21. The van der Waals surface area contributed by atoms with Crippen LogP contribution in [0.15, 0.2) is 36.7 Å². The van der Waals surface area contributed by atoms with Gasteiger partial charge in [0.25, 0.3) is 5.91 Å². The van der Waals surface area contributed by atoms with Gasteiger partial charge in [0.15, 0.2) is 0 Å². The minimum absolute atomic E-state index is 0.0336. The smallest absolute Gasteiger partial charge is 0.255 e. The van der Waals surface area contributed by atoms with Crippen LogP contribution in [-0.4, -0.2) is 21.6 Å². The minimum Gasteiger partial charge on any atom is -0.399 e. The molecule has 0 spiro atoms. The molecule has 0 aliphatic rings. The first-order valence-corrected chi connectivity index (χ1v) is 5.52. The van der Waals surface area contributed by atoms with Gasteiger partial charge in [-0.15, -0.1) is 0 Å². The summed E-state index contributed by atoms with van der Waals surface area (Å²) in [6, 6.07) is 6.62. The van der Waals surface area contributed by atoms with Gasteiger partial charge in [-0.05, 0) is 18.2 Å². The molecular weight excluding hydrogens is 246 g/mol. The van der Waals surface area contributed by atoms with E-state index in [0.29, 0.717) is 16.9 Å². The Hall–Kier alpha value is -2.83. The van der Waals surface area contributed by atoms with E-state index in [1.807, 2.05) is 0 Å². The summed E-state index contributed by atoms with van der Waals surface area (Å²) in [5.74, 6) is -0.803. The van der Waals surface area contributed by atoms with Crippen molar-refractivity contribution in [3.63, 3.8) is 0 Å². The topological polar surface area (TPSA) is 116 Å². The van der Waals surface area contributed by atoms with Gasteiger partial charge in [0, 0.05) is 17.4 Å². The first kappa shape index (κ1) is 12.6. The van der Waals surface area contributed by atoms with Crippen LogP contribution in [0.4, 0.5) is 11.4 Å². The molecule has 0 unspecified atom stereocenters. The number of aromatic nitrogens is 2. The molecule has 0 saturated carbocycles. The predicted octanol–water partition coefficient (Wildman–Crippen LogP) is 0.203. The molecule has 7 nitrogen and oxygen atoms in total. The van der Waals surface area contributed by atoms with E-state index < -0.39 is 5.91 Å². The zero-order valence-corrected chi connectivity index (χ0v) is 10.0. The molecule has 7 heteroatoms. The summed E-state index contributed by atoms with van der Waals surface area (Å²) in [6.07, 6.45) is 2.96. The van der Waals surface area contributed by atoms with Crippen molar-refractivity contribution in [2.45, 2.75) is 6.54 Å². The number of hydrogen-bond acceptors (Lipinski definition) is 4. The summed E-state index contributed by atoms with van der Waals surface area (Å²) in [5, 5.41) is 6.55. The minimum atomic E-state index is -0.503. The molecule has 98 valence electrons. The van der Waals surface area contributed by atoms with Gasteiger partial charge in [-0.2, -0.15) is 5.10 Å². The van der Waals surface area contributed by atoms with E-state index in [1.165, 1.54) is 17.1 Å². The third-order valence-electron chi connectivity index (χ3n) is 2.36.